The number of aromatic nitrogens is 4. The third kappa shape index (κ3) is 2.06. The second kappa shape index (κ2) is 5.64. The molecule has 0 saturated heterocycles. The number of fused-ring (bicyclic) bond motifs is 6. The van der Waals surface area contributed by atoms with E-state index in [-0.39, 0.29) is 0 Å². The van der Waals surface area contributed by atoms with Crippen molar-refractivity contribution in [3.8, 4) is 6.07 Å². The van der Waals surface area contributed by atoms with Gasteiger partial charge < -0.3 is 4.98 Å². The van der Waals surface area contributed by atoms with Crippen LogP contribution in [0, 0.1) is 11.3 Å². The Hall–Kier alpha value is -3.78. The first-order valence-electron chi connectivity index (χ1n) is 8.32. The van der Waals surface area contributed by atoms with Gasteiger partial charge in [0.2, 0.25) is 0 Å². The highest BCUT2D eigenvalue weighted by Crippen LogP contribution is 2.33. The van der Waals surface area contributed by atoms with Crippen LogP contribution in [0.3, 0.4) is 0 Å². The fourth-order valence-electron chi connectivity index (χ4n) is 3.44. The number of pyridine rings is 2. The molecular formula is C21H13N5. The average molecular weight is 335 g/mol. The van der Waals surface area contributed by atoms with E-state index >= 15 is 0 Å². The molecule has 1 unspecified atom stereocenters. The molecular weight excluding hydrogens is 322 g/mol. The Morgan fingerprint density at radius 2 is 1.50 bits per heavy atom. The average Bonchev–Trinajstić information content (AvgIpc) is 3.15. The van der Waals surface area contributed by atoms with Crippen LogP contribution in [0.15, 0.2) is 67.0 Å². The van der Waals surface area contributed by atoms with Crippen molar-refractivity contribution in [2.24, 2.45) is 0 Å². The minimum Gasteiger partial charge on any atom is -0.340 e. The maximum Gasteiger partial charge on any atom is 0.129 e. The SMILES string of the molecule is N#CC(c1ccccc1)c1nc2c3cccnc3c3ncccc3c2[nH]1. The fraction of sp³-hybridized carbons (Fsp3) is 0.0476. The van der Waals surface area contributed by atoms with E-state index in [2.05, 4.69) is 21.0 Å². The third-order valence-electron chi connectivity index (χ3n) is 4.62. The van der Waals surface area contributed by atoms with Crippen LogP contribution in [-0.4, -0.2) is 19.9 Å². The molecule has 1 N–H and O–H groups in total. The second-order valence-electron chi connectivity index (χ2n) is 6.12. The molecule has 5 heteroatoms. The van der Waals surface area contributed by atoms with Crippen LogP contribution < -0.4 is 0 Å². The molecule has 0 spiro atoms. The maximum absolute atomic E-state index is 9.75. The van der Waals surface area contributed by atoms with Crippen LogP contribution in [0.25, 0.3) is 32.8 Å². The van der Waals surface area contributed by atoms with Gasteiger partial charge in [-0.3, -0.25) is 9.97 Å². The quantitative estimate of drug-likeness (QED) is 0.487. The van der Waals surface area contributed by atoms with Gasteiger partial charge in [-0.25, -0.2) is 4.98 Å². The molecule has 5 rings (SSSR count). The first kappa shape index (κ1) is 14.6. The number of H-pyrrole nitrogens is 1. The van der Waals surface area contributed by atoms with E-state index in [1.807, 2.05) is 54.6 Å². The van der Waals surface area contributed by atoms with Crippen LogP contribution in [0.5, 0.6) is 0 Å². The fourth-order valence-corrected chi connectivity index (χ4v) is 3.44. The van der Waals surface area contributed by atoms with Crippen molar-refractivity contribution in [2.75, 3.05) is 0 Å². The Morgan fingerprint density at radius 3 is 2.23 bits per heavy atom. The lowest BCUT2D eigenvalue weighted by Crippen LogP contribution is -2.00. The molecule has 0 bridgehead atoms. The molecule has 0 amide bonds. The Bertz CT molecular complexity index is 1230. The highest BCUT2D eigenvalue weighted by Gasteiger charge is 2.20. The van der Waals surface area contributed by atoms with Crippen molar-refractivity contribution < 1.29 is 0 Å². The van der Waals surface area contributed by atoms with Gasteiger partial charge in [-0.1, -0.05) is 30.3 Å². The van der Waals surface area contributed by atoms with E-state index in [1.54, 1.807) is 12.4 Å². The first-order valence-corrected chi connectivity index (χ1v) is 8.32. The molecule has 1 atom stereocenters. The van der Waals surface area contributed by atoms with Gasteiger partial charge in [-0.2, -0.15) is 5.26 Å². The van der Waals surface area contributed by atoms with Crippen molar-refractivity contribution in [1.82, 2.24) is 19.9 Å². The molecule has 0 saturated carbocycles. The van der Waals surface area contributed by atoms with Crippen LogP contribution in [0.4, 0.5) is 0 Å². The van der Waals surface area contributed by atoms with E-state index in [0.29, 0.717) is 5.82 Å². The molecule has 0 aliphatic heterocycles. The zero-order valence-electron chi connectivity index (χ0n) is 13.7. The number of rotatable bonds is 2. The maximum atomic E-state index is 9.75. The van der Waals surface area contributed by atoms with Crippen LogP contribution in [0.1, 0.15) is 17.3 Å². The molecule has 0 aliphatic carbocycles. The van der Waals surface area contributed by atoms with E-state index < -0.39 is 5.92 Å². The molecule has 122 valence electrons. The molecule has 0 aliphatic rings. The summed E-state index contributed by atoms with van der Waals surface area (Å²) in [5, 5.41) is 11.6. The van der Waals surface area contributed by atoms with Crippen LogP contribution in [-0.2, 0) is 0 Å². The molecule has 3 heterocycles. The standard InChI is InChI=1S/C21H13N5/c22-12-16(13-6-2-1-3-7-13)21-25-19-14-8-4-10-23-17(14)18-15(20(19)26-21)9-5-11-24-18/h1-11,16H,(H,25,26). The summed E-state index contributed by atoms with van der Waals surface area (Å²) in [5.74, 6) is 0.178. The summed E-state index contributed by atoms with van der Waals surface area (Å²) in [7, 11) is 0. The van der Waals surface area contributed by atoms with Gasteiger partial charge in [0, 0.05) is 23.2 Å². The zero-order valence-corrected chi connectivity index (χ0v) is 13.7. The van der Waals surface area contributed by atoms with Crippen LogP contribution >= 0.6 is 0 Å². The number of imidazole rings is 1. The monoisotopic (exact) mass is 335 g/mol. The predicted molar refractivity (Wildman–Crippen MR) is 101 cm³/mol. The number of hydrogen-bond donors (Lipinski definition) is 1. The van der Waals surface area contributed by atoms with E-state index in [9.17, 15) is 5.26 Å². The molecule has 26 heavy (non-hydrogen) atoms. The lowest BCUT2D eigenvalue weighted by atomic mass is 10.0. The molecule has 0 fully saturated rings. The highest BCUT2D eigenvalue weighted by molar-refractivity contribution is 6.20. The summed E-state index contributed by atoms with van der Waals surface area (Å²) in [4.78, 5) is 17.2. The summed E-state index contributed by atoms with van der Waals surface area (Å²) >= 11 is 0. The van der Waals surface area contributed by atoms with E-state index in [0.717, 1.165) is 38.4 Å². The van der Waals surface area contributed by atoms with Gasteiger partial charge in [-0.15, -0.1) is 0 Å². The number of nitriles is 1. The Balaban J connectivity index is 1.87. The van der Waals surface area contributed by atoms with Crippen molar-refractivity contribution >= 4 is 32.8 Å². The smallest absolute Gasteiger partial charge is 0.129 e. The molecule has 5 nitrogen and oxygen atoms in total. The normalized spacial score (nSPS) is 12.4. The number of hydrogen-bond acceptors (Lipinski definition) is 4. The molecule has 0 radical (unpaired) electrons. The minimum atomic E-state index is -0.456. The number of nitrogens with one attached hydrogen (secondary N) is 1. The number of nitrogens with zero attached hydrogens (tertiary/aromatic N) is 4. The summed E-state index contributed by atoms with van der Waals surface area (Å²) in [6, 6.07) is 19.8. The molecule has 5 aromatic rings. The van der Waals surface area contributed by atoms with E-state index in [4.69, 9.17) is 4.98 Å². The second-order valence-corrected chi connectivity index (χ2v) is 6.12. The lowest BCUT2D eigenvalue weighted by molar-refractivity contribution is 0.936. The zero-order chi connectivity index (χ0) is 17.5. The van der Waals surface area contributed by atoms with Crippen molar-refractivity contribution in [1.29, 1.82) is 5.26 Å². The largest absolute Gasteiger partial charge is 0.340 e. The molecule has 3 aromatic heterocycles. The summed E-state index contributed by atoms with van der Waals surface area (Å²) in [5.41, 5.74) is 4.28. The summed E-state index contributed by atoms with van der Waals surface area (Å²) < 4.78 is 0. The summed E-state index contributed by atoms with van der Waals surface area (Å²) in [6.07, 6.45) is 3.53. The third-order valence-corrected chi connectivity index (χ3v) is 4.62. The van der Waals surface area contributed by atoms with Crippen molar-refractivity contribution in [2.45, 2.75) is 5.92 Å². The Morgan fingerprint density at radius 1 is 0.808 bits per heavy atom. The molecule has 2 aromatic carbocycles. The van der Waals surface area contributed by atoms with Gasteiger partial charge >= 0.3 is 0 Å². The topological polar surface area (TPSA) is 78.2 Å². The van der Waals surface area contributed by atoms with Gasteiger partial charge in [0.15, 0.2) is 0 Å². The predicted octanol–water partition coefficient (Wildman–Crippen LogP) is 4.31. The van der Waals surface area contributed by atoms with Crippen molar-refractivity contribution in [3.05, 3.63) is 78.4 Å². The summed E-state index contributed by atoms with van der Waals surface area (Å²) in [6.45, 7) is 0. The van der Waals surface area contributed by atoms with Gasteiger partial charge in [-0.05, 0) is 29.8 Å². The van der Waals surface area contributed by atoms with E-state index in [1.165, 1.54) is 0 Å². The Labute approximate surface area is 149 Å². The van der Waals surface area contributed by atoms with Gasteiger partial charge in [0.1, 0.15) is 11.7 Å². The number of aromatic amines is 1. The van der Waals surface area contributed by atoms with Crippen LogP contribution in [0.2, 0.25) is 0 Å². The van der Waals surface area contributed by atoms with Gasteiger partial charge in [0.05, 0.1) is 28.1 Å². The minimum absolute atomic E-state index is 0.456. The van der Waals surface area contributed by atoms with Crippen molar-refractivity contribution in [3.63, 3.8) is 0 Å². The highest BCUT2D eigenvalue weighted by atomic mass is 14.9. The number of benzene rings is 2. The first-order chi connectivity index (χ1) is 12.9. The Kier molecular flexibility index (Phi) is 3.16. The van der Waals surface area contributed by atoms with Gasteiger partial charge in [0.25, 0.3) is 0 Å². The lowest BCUT2D eigenvalue weighted by Gasteiger charge is -2.05.